The van der Waals surface area contributed by atoms with E-state index in [-0.39, 0.29) is 12.3 Å². The first kappa shape index (κ1) is 29.8. The zero-order valence-corrected chi connectivity index (χ0v) is 24.3. The number of carbonyl (C=O) groups excluding carboxylic acids is 1. The highest BCUT2D eigenvalue weighted by Gasteiger charge is 2.24. The molecule has 212 valence electrons. The average Bonchev–Trinajstić information content (AvgIpc) is 3.25. The van der Waals surface area contributed by atoms with Gasteiger partial charge in [0.15, 0.2) is 5.17 Å². The third-order valence-electron chi connectivity index (χ3n) is 7.03. The van der Waals surface area contributed by atoms with Crippen molar-refractivity contribution in [3.05, 3.63) is 93.4 Å². The van der Waals surface area contributed by atoms with E-state index in [2.05, 4.69) is 55.3 Å². The lowest BCUT2D eigenvalue weighted by Crippen LogP contribution is -2.19. The van der Waals surface area contributed by atoms with Gasteiger partial charge in [0, 0.05) is 6.42 Å². The molecule has 0 bridgehead atoms. The largest absolute Gasteiger partial charge is 0.481 e. The summed E-state index contributed by atoms with van der Waals surface area (Å²) >= 11 is 1.26. The van der Waals surface area contributed by atoms with E-state index in [9.17, 15) is 19.5 Å². The van der Waals surface area contributed by atoms with Crippen molar-refractivity contribution in [2.75, 3.05) is 0 Å². The predicted octanol–water partition coefficient (Wildman–Crippen LogP) is 7.37. The first-order valence-electron chi connectivity index (χ1n) is 13.6. The Balaban J connectivity index is 1.41. The van der Waals surface area contributed by atoms with Crippen LogP contribution < -0.4 is 5.32 Å². The molecule has 41 heavy (non-hydrogen) atoms. The molecule has 0 aromatic heterocycles. The number of nitrogens with zero attached hydrogens (tertiary/aromatic N) is 1. The van der Waals surface area contributed by atoms with Crippen LogP contribution in [0.5, 0.6) is 0 Å². The number of rotatable bonds is 11. The molecule has 1 fully saturated rings. The highest BCUT2D eigenvalue weighted by molar-refractivity contribution is 8.18. The molecule has 1 unspecified atom stereocenters. The number of aliphatic imine (C=N–C) groups is 1. The molecule has 7 nitrogen and oxygen atoms in total. The maximum absolute atomic E-state index is 12.6. The van der Waals surface area contributed by atoms with Gasteiger partial charge >= 0.3 is 11.9 Å². The summed E-state index contributed by atoms with van der Waals surface area (Å²) in [6.07, 6.45) is 4.23. The number of thioether (sulfide) groups is 1. The number of hydrogen-bond acceptors (Lipinski definition) is 5. The number of nitrogens with one attached hydrogen (secondary N) is 1. The van der Waals surface area contributed by atoms with Crippen LogP contribution in [-0.4, -0.2) is 33.2 Å². The van der Waals surface area contributed by atoms with E-state index >= 15 is 0 Å². The summed E-state index contributed by atoms with van der Waals surface area (Å²) in [5.74, 6) is -2.63. The van der Waals surface area contributed by atoms with Gasteiger partial charge in [0.05, 0.1) is 16.5 Å². The monoisotopic (exact) mass is 570 g/mol. The molecular formula is C33H34N2O5S. The van der Waals surface area contributed by atoms with E-state index in [1.807, 2.05) is 18.2 Å². The van der Waals surface area contributed by atoms with Gasteiger partial charge in [-0.2, -0.15) is 0 Å². The number of aliphatic carboxylic acids is 2. The van der Waals surface area contributed by atoms with E-state index in [0.717, 1.165) is 11.1 Å². The summed E-state index contributed by atoms with van der Waals surface area (Å²) in [5.41, 5.74) is 8.28. The second-order valence-electron chi connectivity index (χ2n) is 10.4. The minimum absolute atomic E-state index is 0.0952. The molecule has 0 saturated carbocycles. The van der Waals surface area contributed by atoms with Gasteiger partial charge in [-0.1, -0.05) is 66.9 Å². The minimum Gasteiger partial charge on any atom is -0.481 e. The Labute approximate surface area is 244 Å². The fraction of sp³-hybridized carbons (Fsp3) is 0.273. The first-order chi connectivity index (χ1) is 19.6. The van der Waals surface area contributed by atoms with E-state index < -0.39 is 17.9 Å². The summed E-state index contributed by atoms with van der Waals surface area (Å²) in [6, 6.07) is 19.5. The predicted molar refractivity (Wildman–Crippen MR) is 164 cm³/mol. The normalized spacial score (nSPS) is 15.7. The van der Waals surface area contributed by atoms with Crippen LogP contribution >= 0.6 is 11.8 Å². The molecular weight excluding hydrogens is 536 g/mol. The Morgan fingerprint density at radius 2 is 1.59 bits per heavy atom. The fourth-order valence-corrected chi connectivity index (χ4v) is 5.99. The number of benzene rings is 3. The second-order valence-corrected chi connectivity index (χ2v) is 11.4. The van der Waals surface area contributed by atoms with Crippen molar-refractivity contribution in [1.82, 2.24) is 5.32 Å². The Morgan fingerprint density at radius 3 is 2.20 bits per heavy atom. The van der Waals surface area contributed by atoms with Gasteiger partial charge in [-0.15, -0.1) is 0 Å². The van der Waals surface area contributed by atoms with Crippen LogP contribution in [0, 0.1) is 20.8 Å². The van der Waals surface area contributed by atoms with Crippen LogP contribution in [-0.2, 0) is 14.4 Å². The third-order valence-corrected chi connectivity index (χ3v) is 7.94. The molecule has 4 rings (SSSR count). The van der Waals surface area contributed by atoms with Gasteiger partial charge in [-0.25, -0.2) is 4.99 Å². The van der Waals surface area contributed by atoms with Gasteiger partial charge in [0.2, 0.25) is 0 Å². The lowest BCUT2D eigenvalue weighted by Gasteiger charge is -2.12. The van der Waals surface area contributed by atoms with E-state index in [4.69, 9.17) is 5.11 Å². The number of carbonyl (C=O) groups is 3. The van der Waals surface area contributed by atoms with E-state index in [0.29, 0.717) is 47.0 Å². The molecule has 1 atom stereocenters. The van der Waals surface area contributed by atoms with Crippen molar-refractivity contribution in [3.8, 4) is 11.1 Å². The van der Waals surface area contributed by atoms with Gasteiger partial charge in [-0.3, -0.25) is 14.4 Å². The molecule has 3 N–H and O–H groups in total. The summed E-state index contributed by atoms with van der Waals surface area (Å²) in [6.45, 7) is 6.34. The minimum atomic E-state index is -0.909. The molecule has 3 aromatic rings. The highest BCUT2D eigenvalue weighted by atomic mass is 32.2. The summed E-state index contributed by atoms with van der Waals surface area (Å²) in [4.78, 5) is 40.2. The Hall–Kier alpha value is -4.17. The van der Waals surface area contributed by atoms with Crippen LogP contribution in [0.25, 0.3) is 17.2 Å². The molecule has 0 aliphatic carbocycles. The molecule has 1 heterocycles. The van der Waals surface area contributed by atoms with Crippen LogP contribution in [0.3, 0.4) is 0 Å². The number of unbranched alkanes of at least 4 members (excludes halogenated alkanes) is 2. The maximum Gasteiger partial charge on any atom is 0.310 e. The van der Waals surface area contributed by atoms with E-state index in [1.165, 1.54) is 34.0 Å². The Bertz CT molecular complexity index is 1480. The zero-order chi connectivity index (χ0) is 29.5. The molecule has 3 aromatic carbocycles. The van der Waals surface area contributed by atoms with Crippen molar-refractivity contribution in [1.29, 1.82) is 0 Å². The molecule has 0 spiro atoms. The highest BCUT2D eigenvalue weighted by Crippen LogP contribution is 2.32. The number of hydrogen-bond donors (Lipinski definition) is 3. The summed E-state index contributed by atoms with van der Waals surface area (Å²) in [5, 5.41) is 21.7. The molecule has 1 saturated heterocycles. The average molecular weight is 571 g/mol. The molecule has 8 heteroatoms. The topological polar surface area (TPSA) is 116 Å². The standard InChI is InChI=1S/C33H34N2O5S/c1-20-17-21(2)30(22(3)18-20)25-11-9-23(10-12-25)19-28-31(38)35-33(41-28)34-26-15-13-24(14-16-26)27(32(39)40)7-5-4-6-8-29(36)37/h9-19,27H,4-8H2,1-3H3,(H,36,37)(H,39,40)(H,34,35,38)/b28-19+. The molecule has 1 amide bonds. The Kier molecular flexibility index (Phi) is 9.78. The number of carboxylic acid groups (broad SMARTS) is 2. The van der Waals surface area contributed by atoms with Gasteiger partial charge in [0.1, 0.15) is 0 Å². The number of aryl methyl sites for hydroxylation is 3. The van der Waals surface area contributed by atoms with Gasteiger partial charge < -0.3 is 15.5 Å². The fourth-order valence-electron chi connectivity index (χ4n) is 5.15. The summed E-state index contributed by atoms with van der Waals surface area (Å²) in [7, 11) is 0. The van der Waals surface area contributed by atoms with Gasteiger partial charge in [-0.05, 0) is 97.0 Å². The van der Waals surface area contributed by atoms with Crippen molar-refractivity contribution >= 4 is 46.5 Å². The van der Waals surface area contributed by atoms with E-state index in [1.54, 1.807) is 24.3 Å². The van der Waals surface area contributed by atoms with Crippen LogP contribution in [0.15, 0.2) is 70.6 Å². The smallest absolute Gasteiger partial charge is 0.310 e. The zero-order valence-electron chi connectivity index (χ0n) is 23.4. The third kappa shape index (κ3) is 7.95. The molecule has 1 aliphatic rings. The summed E-state index contributed by atoms with van der Waals surface area (Å²) < 4.78 is 0. The lowest BCUT2D eigenvalue weighted by molar-refractivity contribution is -0.139. The van der Waals surface area contributed by atoms with Crippen molar-refractivity contribution in [2.45, 2.75) is 58.8 Å². The number of carboxylic acids is 2. The maximum atomic E-state index is 12.6. The van der Waals surface area contributed by atoms with Crippen LogP contribution in [0.4, 0.5) is 5.69 Å². The van der Waals surface area contributed by atoms with Crippen molar-refractivity contribution < 1.29 is 24.6 Å². The SMILES string of the molecule is Cc1cc(C)c(-c2ccc(/C=C3/SC(=Nc4ccc(C(CCCCCC(=O)O)C(=O)O)cc4)NC3=O)cc2)c(C)c1. The number of amidine groups is 1. The van der Waals surface area contributed by atoms with Crippen LogP contribution in [0.2, 0.25) is 0 Å². The quantitative estimate of drug-likeness (QED) is 0.164. The number of amides is 1. The van der Waals surface area contributed by atoms with Crippen molar-refractivity contribution in [3.63, 3.8) is 0 Å². The lowest BCUT2D eigenvalue weighted by atomic mass is 9.93. The Morgan fingerprint density at radius 1 is 0.927 bits per heavy atom. The van der Waals surface area contributed by atoms with Crippen LogP contribution in [0.1, 0.15) is 65.8 Å². The second kappa shape index (κ2) is 13.5. The van der Waals surface area contributed by atoms with Crippen molar-refractivity contribution in [2.24, 2.45) is 4.99 Å². The molecule has 0 radical (unpaired) electrons. The first-order valence-corrected chi connectivity index (χ1v) is 14.4. The molecule has 1 aliphatic heterocycles. The van der Waals surface area contributed by atoms with Gasteiger partial charge in [0.25, 0.3) is 5.91 Å².